The van der Waals surface area contributed by atoms with Crippen LogP contribution in [0.15, 0.2) is 102 Å². The molecule has 0 bridgehead atoms. The van der Waals surface area contributed by atoms with Crippen LogP contribution in [-0.4, -0.2) is 71.2 Å². The molecular weight excluding hydrogens is 725 g/mol. The summed E-state index contributed by atoms with van der Waals surface area (Å²) >= 11 is 2.65. The molecule has 2 unspecified atom stereocenters. The minimum absolute atomic E-state index is 0.0585. The minimum atomic E-state index is -0.319. The molecular formula is C40H44N6O6S2. The van der Waals surface area contributed by atoms with Crippen molar-refractivity contribution in [1.82, 2.24) is 30.8 Å². The molecule has 14 heteroatoms. The Labute approximate surface area is 322 Å². The Balaban J connectivity index is 0.000000197. The monoisotopic (exact) mass is 768 g/mol. The Bertz CT molecular complexity index is 1900. The van der Waals surface area contributed by atoms with Gasteiger partial charge < -0.3 is 35.1 Å². The normalized spacial score (nSPS) is 17.4. The van der Waals surface area contributed by atoms with Crippen LogP contribution < -0.4 is 25.4 Å². The van der Waals surface area contributed by atoms with Gasteiger partial charge in [0.15, 0.2) is 0 Å². The summed E-state index contributed by atoms with van der Waals surface area (Å²) in [5, 5.41) is 9.22. The maximum Gasteiger partial charge on any atom is 0.410 e. The molecule has 12 nitrogen and oxygen atoms in total. The first-order chi connectivity index (χ1) is 26.3. The van der Waals surface area contributed by atoms with Crippen molar-refractivity contribution in [3.63, 3.8) is 0 Å². The molecule has 0 spiro atoms. The SMILES string of the molecule is C[C@H](NC(=O)c1cncs1)c1ccc(OC2CCN(C(=O)OCc3ccccc3)C2)cc1.C[C@H](NC(=O)c1cncs1)c1ccc(OC2CCNC2)cc1. The van der Waals surface area contributed by atoms with E-state index in [1.807, 2.05) is 92.7 Å². The van der Waals surface area contributed by atoms with Gasteiger partial charge in [-0.05, 0) is 67.8 Å². The predicted molar refractivity (Wildman–Crippen MR) is 208 cm³/mol. The van der Waals surface area contributed by atoms with E-state index in [1.165, 1.54) is 22.7 Å². The third kappa shape index (κ3) is 11.1. The van der Waals surface area contributed by atoms with Crippen LogP contribution in [0.1, 0.15) is 74.8 Å². The summed E-state index contributed by atoms with van der Waals surface area (Å²) in [7, 11) is 0. The van der Waals surface area contributed by atoms with Gasteiger partial charge in [0.1, 0.15) is 40.1 Å². The lowest BCUT2D eigenvalue weighted by Crippen LogP contribution is -2.31. The van der Waals surface area contributed by atoms with Gasteiger partial charge in [-0.2, -0.15) is 0 Å². The van der Waals surface area contributed by atoms with E-state index in [1.54, 1.807) is 28.3 Å². The maximum absolute atomic E-state index is 12.3. The Kier molecular flexibility index (Phi) is 13.6. The number of thiazole rings is 2. The van der Waals surface area contributed by atoms with Crippen LogP contribution in [0.4, 0.5) is 4.79 Å². The first-order valence-electron chi connectivity index (χ1n) is 17.9. The summed E-state index contributed by atoms with van der Waals surface area (Å²) in [4.78, 5) is 47.3. The molecule has 54 heavy (non-hydrogen) atoms. The number of ether oxygens (including phenoxy) is 3. The zero-order chi connectivity index (χ0) is 37.7. The highest BCUT2D eigenvalue weighted by Crippen LogP contribution is 2.23. The number of amides is 3. The van der Waals surface area contributed by atoms with Crippen molar-refractivity contribution in [1.29, 1.82) is 0 Å². The summed E-state index contributed by atoms with van der Waals surface area (Å²) in [6, 6.07) is 25.0. The van der Waals surface area contributed by atoms with Crippen molar-refractivity contribution in [2.75, 3.05) is 26.2 Å². The zero-order valence-electron chi connectivity index (χ0n) is 30.2. The van der Waals surface area contributed by atoms with Gasteiger partial charge in [0, 0.05) is 19.5 Å². The second kappa shape index (κ2) is 19.1. The fourth-order valence-corrected chi connectivity index (χ4v) is 6.99. The molecule has 3 amide bonds. The Morgan fingerprint density at radius 1 is 0.778 bits per heavy atom. The number of nitrogens with one attached hydrogen (secondary N) is 3. The smallest absolute Gasteiger partial charge is 0.410 e. The molecule has 3 aromatic carbocycles. The minimum Gasteiger partial charge on any atom is -0.489 e. The number of nitrogens with zero attached hydrogens (tertiary/aromatic N) is 3. The highest BCUT2D eigenvalue weighted by molar-refractivity contribution is 7.12. The first-order valence-corrected chi connectivity index (χ1v) is 19.6. The number of likely N-dealkylation sites (tertiary alicyclic amines) is 1. The average molecular weight is 769 g/mol. The standard InChI is InChI=1S/C24H25N3O4S.C16H19N3O2S/c1-17(26-23(28)22-13-25-16-32-22)19-7-9-20(10-8-19)31-21-11-12-27(14-21)24(29)30-15-18-5-3-2-4-6-18;1-11(19-16(20)15-9-18-10-22-15)12-2-4-13(5-3-12)21-14-6-7-17-8-14/h2-10,13,16-17,21H,11-12,14-15H2,1H3,(H,26,28);2-5,9-11,14,17H,6-8H2,1H3,(H,19,20)/t17-,21?;11-,14?/m00/s1. The fourth-order valence-electron chi connectivity index (χ4n) is 5.94. The summed E-state index contributed by atoms with van der Waals surface area (Å²) in [6.45, 7) is 7.20. The van der Waals surface area contributed by atoms with Crippen LogP contribution in [0.3, 0.4) is 0 Å². The molecule has 4 heterocycles. The molecule has 2 aliphatic heterocycles. The molecule has 0 radical (unpaired) electrons. The van der Waals surface area contributed by atoms with E-state index >= 15 is 0 Å². The molecule has 2 aliphatic rings. The molecule has 282 valence electrons. The van der Waals surface area contributed by atoms with Crippen molar-refractivity contribution in [3.05, 3.63) is 129 Å². The largest absolute Gasteiger partial charge is 0.489 e. The lowest BCUT2D eigenvalue weighted by atomic mass is 10.1. The van der Waals surface area contributed by atoms with Crippen molar-refractivity contribution in [2.45, 2.75) is 57.6 Å². The van der Waals surface area contributed by atoms with Crippen molar-refractivity contribution in [2.24, 2.45) is 0 Å². The number of hydrogen-bond donors (Lipinski definition) is 3. The molecule has 2 saturated heterocycles. The number of hydrogen-bond acceptors (Lipinski definition) is 11. The molecule has 0 saturated carbocycles. The van der Waals surface area contributed by atoms with Gasteiger partial charge in [0.25, 0.3) is 11.8 Å². The summed E-state index contributed by atoms with van der Waals surface area (Å²) in [5.41, 5.74) is 6.29. The number of rotatable bonds is 12. The number of carbonyl (C=O) groups excluding carboxylic acids is 3. The fraction of sp³-hybridized carbons (Fsp3) is 0.325. The third-order valence-corrected chi connectivity index (χ3v) is 10.5. The van der Waals surface area contributed by atoms with Crippen LogP contribution >= 0.6 is 22.7 Å². The van der Waals surface area contributed by atoms with Crippen LogP contribution in [0.2, 0.25) is 0 Å². The molecule has 2 fully saturated rings. The zero-order valence-corrected chi connectivity index (χ0v) is 31.8. The second-order valence-corrected chi connectivity index (χ2v) is 14.8. The number of aromatic nitrogens is 2. The lowest BCUT2D eigenvalue weighted by molar-refractivity contribution is 0.0935. The summed E-state index contributed by atoms with van der Waals surface area (Å²) < 4.78 is 17.3. The number of benzene rings is 3. The molecule has 5 aromatic rings. The van der Waals surface area contributed by atoms with Gasteiger partial charge in [0.2, 0.25) is 0 Å². The topological polar surface area (TPSA) is 144 Å². The van der Waals surface area contributed by atoms with Gasteiger partial charge in [-0.25, -0.2) is 4.79 Å². The van der Waals surface area contributed by atoms with Crippen LogP contribution in [-0.2, 0) is 11.3 Å². The summed E-state index contributed by atoms with van der Waals surface area (Å²) in [5.74, 6) is 1.38. The third-order valence-electron chi connectivity index (χ3n) is 9.00. The van der Waals surface area contributed by atoms with Crippen molar-refractivity contribution in [3.8, 4) is 11.5 Å². The highest BCUT2D eigenvalue weighted by atomic mass is 32.1. The first kappa shape index (κ1) is 38.4. The quantitative estimate of drug-likeness (QED) is 0.125. The van der Waals surface area contributed by atoms with Gasteiger partial charge in [0.05, 0.1) is 42.0 Å². The second-order valence-electron chi connectivity index (χ2n) is 13.0. The molecule has 2 aromatic heterocycles. The van der Waals surface area contributed by atoms with E-state index in [-0.39, 0.29) is 48.8 Å². The van der Waals surface area contributed by atoms with E-state index in [0.29, 0.717) is 22.8 Å². The molecule has 7 rings (SSSR count). The lowest BCUT2D eigenvalue weighted by Gasteiger charge is -2.18. The molecule has 4 atom stereocenters. The van der Waals surface area contributed by atoms with E-state index in [0.717, 1.165) is 54.1 Å². The highest BCUT2D eigenvalue weighted by Gasteiger charge is 2.29. The average Bonchev–Trinajstić information content (AvgIpc) is 4.04. The van der Waals surface area contributed by atoms with Gasteiger partial charge in [-0.15, -0.1) is 22.7 Å². The van der Waals surface area contributed by atoms with E-state index in [4.69, 9.17) is 14.2 Å². The Hall–Kier alpha value is -5.31. The van der Waals surface area contributed by atoms with Gasteiger partial charge >= 0.3 is 6.09 Å². The van der Waals surface area contributed by atoms with Crippen LogP contribution in [0, 0.1) is 0 Å². The summed E-state index contributed by atoms with van der Waals surface area (Å²) in [6.07, 6.45) is 4.81. The van der Waals surface area contributed by atoms with Gasteiger partial charge in [-0.1, -0.05) is 54.6 Å². The van der Waals surface area contributed by atoms with E-state index in [2.05, 4.69) is 25.9 Å². The molecule has 0 aliphatic carbocycles. The predicted octanol–water partition coefficient (Wildman–Crippen LogP) is 6.80. The Morgan fingerprint density at radius 2 is 1.33 bits per heavy atom. The maximum atomic E-state index is 12.3. The van der Waals surface area contributed by atoms with Crippen molar-refractivity contribution >= 4 is 40.6 Å². The molecule has 3 N–H and O–H groups in total. The van der Waals surface area contributed by atoms with Crippen molar-refractivity contribution < 1.29 is 28.6 Å². The van der Waals surface area contributed by atoms with Crippen LogP contribution in [0.5, 0.6) is 11.5 Å². The van der Waals surface area contributed by atoms with Gasteiger partial charge in [-0.3, -0.25) is 19.6 Å². The Morgan fingerprint density at radius 3 is 1.83 bits per heavy atom. The number of carbonyl (C=O) groups is 3. The van der Waals surface area contributed by atoms with Crippen LogP contribution in [0.25, 0.3) is 0 Å². The van der Waals surface area contributed by atoms with E-state index < -0.39 is 0 Å². The van der Waals surface area contributed by atoms with E-state index in [9.17, 15) is 14.4 Å².